The second kappa shape index (κ2) is 5.23. The first-order valence-electron chi connectivity index (χ1n) is 6.07. The van der Waals surface area contributed by atoms with Crippen LogP contribution in [0.3, 0.4) is 0 Å². The Bertz CT molecular complexity index is 572. The van der Waals surface area contributed by atoms with E-state index in [0.717, 1.165) is 29.4 Å². The number of aromatic nitrogens is 1. The molecule has 1 aromatic carbocycles. The van der Waals surface area contributed by atoms with Crippen molar-refractivity contribution in [2.45, 2.75) is 19.8 Å². The van der Waals surface area contributed by atoms with Crippen LogP contribution in [0.4, 0.5) is 0 Å². The van der Waals surface area contributed by atoms with E-state index in [1.807, 2.05) is 19.1 Å². The van der Waals surface area contributed by atoms with Gasteiger partial charge in [0.2, 0.25) is 0 Å². The van der Waals surface area contributed by atoms with Gasteiger partial charge in [-0.25, -0.2) is 4.79 Å². The highest BCUT2D eigenvalue weighted by Gasteiger charge is 2.17. The summed E-state index contributed by atoms with van der Waals surface area (Å²) in [5, 5.41) is 0.925. The van der Waals surface area contributed by atoms with Crippen molar-refractivity contribution in [1.29, 1.82) is 0 Å². The predicted octanol–water partition coefficient (Wildman–Crippen LogP) is 2.15. The number of rotatable bonds is 4. The van der Waals surface area contributed by atoms with E-state index >= 15 is 0 Å². The summed E-state index contributed by atoms with van der Waals surface area (Å²) in [5.74, 6) is -0.297. The van der Waals surface area contributed by atoms with E-state index in [2.05, 4.69) is 11.1 Å². The minimum Gasteiger partial charge on any atom is -0.465 e. The fourth-order valence-corrected chi connectivity index (χ4v) is 2.27. The Kier molecular flexibility index (Phi) is 3.67. The van der Waals surface area contributed by atoms with E-state index in [0.29, 0.717) is 12.1 Å². The molecule has 0 aliphatic carbocycles. The number of hydrogen-bond donors (Lipinski definition) is 2. The van der Waals surface area contributed by atoms with Gasteiger partial charge in [0, 0.05) is 16.6 Å². The SMILES string of the molecule is COC(=O)c1c(C)[nH]c2c(CCCN)cccc12. The molecular weight excluding hydrogens is 228 g/mol. The fourth-order valence-electron chi connectivity index (χ4n) is 2.27. The molecule has 4 nitrogen and oxygen atoms in total. The van der Waals surface area contributed by atoms with E-state index in [-0.39, 0.29) is 5.97 Å². The Morgan fingerprint density at radius 1 is 1.44 bits per heavy atom. The maximum absolute atomic E-state index is 11.8. The summed E-state index contributed by atoms with van der Waals surface area (Å²) in [6, 6.07) is 5.97. The molecule has 96 valence electrons. The van der Waals surface area contributed by atoms with Crippen molar-refractivity contribution >= 4 is 16.9 Å². The lowest BCUT2D eigenvalue weighted by atomic mass is 10.0. The van der Waals surface area contributed by atoms with E-state index in [1.165, 1.54) is 12.7 Å². The first-order valence-corrected chi connectivity index (χ1v) is 6.07. The van der Waals surface area contributed by atoms with Crippen molar-refractivity contribution in [3.05, 3.63) is 35.0 Å². The lowest BCUT2D eigenvalue weighted by molar-refractivity contribution is 0.0602. The van der Waals surface area contributed by atoms with Crippen molar-refractivity contribution in [1.82, 2.24) is 4.98 Å². The van der Waals surface area contributed by atoms with E-state index in [1.54, 1.807) is 0 Å². The number of nitrogens with two attached hydrogens (primary N) is 1. The van der Waals surface area contributed by atoms with Crippen molar-refractivity contribution in [2.75, 3.05) is 13.7 Å². The molecule has 0 spiro atoms. The number of hydrogen-bond acceptors (Lipinski definition) is 3. The second-order valence-electron chi connectivity index (χ2n) is 4.35. The third-order valence-electron chi connectivity index (χ3n) is 3.15. The molecule has 1 heterocycles. The number of esters is 1. The minimum absolute atomic E-state index is 0.297. The highest BCUT2D eigenvalue weighted by atomic mass is 16.5. The number of benzene rings is 1. The number of nitrogens with one attached hydrogen (secondary N) is 1. The predicted molar refractivity (Wildman–Crippen MR) is 71.8 cm³/mol. The van der Waals surface area contributed by atoms with Gasteiger partial charge in [-0.05, 0) is 31.9 Å². The van der Waals surface area contributed by atoms with Crippen LogP contribution in [0.2, 0.25) is 0 Å². The van der Waals surface area contributed by atoms with Crippen LogP contribution in [-0.2, 0) is 11.2 Å². The molecule has 0 aliphatic heterocycles. The van der Waals surface area contributed by atoms with Gasteiger partial charge < -0.3 is 15.5 Å². The molecule has 0 amide bonds. The summed E-state index contributed by atoms with van der Waals surface area (Å²) in [6.45, 7) is 2.55. The molecular formula is C14H18N2O2. The topological polar surface area (TPSA) is 68.1 Å². The monoisotopic (exact) mass is 246 g/mol. The lowest BCUT2D eigenvalue weighted by Gasteiger charge is -2.02. The van der Waals surface area contributed by atoms with Gasteiger partial charge in [-0.1, -0.05) is 18.2 Å². The number of aryl methyl sites for hydroxylation is 2. The quantitative estimate of drug-likeness (QED) is 0.812. The van der Waals surface area contributed by atoms with Gasteiger partial charge in [-0.15, -0.1) is 0 Å². The summed E-state index contributed by atoms with van der Waals surface area (Å²) in [6.07, 6.45) is 1.85. The maximum atomic E-state index is 11.8. The summed E-state index contributed by atoms with van der Waals surface area (Å²) in [4.78, 5) is 15.1. The van der Waals surface area contributed by atoms with Crippen LogP contribution in [-0.4, -0.2) is 24.6 Å². The van der Waals surface area contributed by atoms with Gasteiger partial charge in [-0.2, -0.15) is 0 Å². The zero-order chi connectivity index (χ0) is 13.1. The number of ether oxygens (including phenoxy) is 1. The van der Waals surface area contributed by atoms with Crippen LogP contribution in [0.5, 0.6) is 0 Å². The molecule has 0 saturated carbocycles. The molecule has 0 fully saturated rings. The number of fused-ring (bicyclic) bond motifs is 1. The number of carbonyl (C=O) groups is 1. The Labute approximate surface area is 106 Å². The van der Waals surface area contributed by atoms with Crippen LogP contribution < -0.4 is 5.73 Å². The fraction of sp³-hybridized carbons (Fsp3) is 0.357. The van der Waals surface area contributed by atoms with Crippen LogP contribution in [0.15, 0.2) is 18.2 Å². The zero-order valence-electron chi connectivity index (χ0n) is 10.7. The van der Waals surface area contributed by atoms with Gasteiger partial charge in [0.1, 0.15) is 0 Å². The largest absolute Gasteiger partial charge is 0.465 e. The van der Waals surface area contributed by atoms with Gasteiger partial charge in [0.15, 0.2) is 0 Å². The van der Waals surface area contributed by atoms with E-state index < -0.39 is 0 Å². The van der Waals surface area contributed by atoms with Crippen molar-refractivity contribution in [3.63, 3.8) is 0 Å². The Balaban J connectivity index is 2.55. The summed E-state index contributed by atoms with van der Waals surface area (Å²) >= 11 is 0. The average Bonchev–Trinajstić information content (AvgIpc) is 2.72. The lowest BCUT2D eigenvalue weighted by Crippen LogP contribution is -2.02. The Hall–Kier alpha value is -1.81. The van der Waals surface area contributed by atoms with Crippen LogP contribution >= 0.6 is 0 Å². The summed E-state index contributed by atoms with van der Waals surface area (Å²) in [7, 11) is 1.40. The molecule has 4 heteroatoms. The van der Waals surface area contributed by atoms with Gasteiger partial charge in [-0.3, -0.25) is 0 Å². The molecule has 0 saturated heterocycles. The van der Waals surface area contributed by atoms with Crippen LogP contribution in [0.1, 0.15) is 28.0 Å². The molecule has 18 heavy (non-hydrogen) atoms. The zero-order valence-corrected chi connectivity index (χ0v) is 10.7. The summed E-state index contributed by atoms with van der Waals surface area (Å²) in [5.41, 5.74) is 9.22. The number of H-pyrrole nitrogens is 1. The Morgan fingerprint density at radius 3 is 2.89 bits per heavy atom. The molecule has 2 aromatic rings. The molecule has 0 aliphatic rings. The number of carbonyl (C=O) groups excluding carboxylic acids is 1. The molecule has 0 bridgehead atoms. The Morgan fingerprint density at radius 2 is 2.22 bits per heavy atom. The van der Waals surface area contributed by atoms with Gasteiger partial charge in [0.25, 0.3) is 0 Å². The van der Waals surface area contributed by atoms with Crippen LogP contribution in [0.25, 0.3) is 10.9 Å². The van der Waals surface area contributed by atoms with Gasteiger partial charge >= 0.3 is 5.97 Å². The van der Waals surface area contributed by atoms with Crippen LogP contribution in [0, 0.1) is 6.92 Å². The first-order chi connectivity index (χ1) is 8.69. The third-order valence-corrected chi connectivity index (χ3v) is 3.15. The molecule has 2 rings (SSSR count). The van der Waals surface area contributed by atoms with E-state index in [9.17, 15) is 4.79 Å². The standard InChI is InChI=1S/C14H18N2O2/c1-9-12(14(17)18-2)11-7-3-5-10(6-4-8-15)13(11)16-9/h3,5,7,16H,4,6,8,15H2,1-2H3. The highest BCUT2D eigenvalue weighted by molar-refractivity contribution is 6.06. The molecule has 0 unspecified atom stereocenters. The first kappa shape index (κ1) is 12.6. The van der Waals surface area contributed by atoms with Gasteiger partial charge in [0.05, 0.1) is 12.7 Å². The number of methoxy groups -OCH3 is 1. The van der Waals surface area contributed by atoms with Crippen molar-refractivity contribution < 1.29 is 9.53 Å². The maximum Gasteiger partial charge on any atom is 0.340 e. The third kappa shape index (κ3) is 2.11. The van der Waals surface area contributed by atoms with Crippen molar-refractivity contribution in [2.24, 2.45) is 5.73 Å². The normalized spacial score (nSPS) is 10.8. The average molecular weight is 246 g/mol. The van der Waals surface area contributed by atoms with E-state index in [4.69, 9.17) is 10.5 Å². The summed E-state index contributed by atoms with van der Waals surface area (Å²) < 4.78 is 4.83. The molecule has 3 N–H and O–H groups in total. The highest BCUT2D eigenvalue weighted by Crippen LogP contribution is 2.26. The number of para-hydroxylation sites is 1. The van der Waals surface area contributed by atoms with Crippen molar-refractivity contribution in [3.8, 4) is 0 Å². The molecule has 0 radical (unpaired) electrons. The molecule has 0 atom stereocenters. The molecule has 1 aromatic heterocycles. The minimum atomic E-state index is -0.297. The smallest absolute Gasteiger partial charge is 0.340 e. The second-order valence-corrected chi connectivity index (χ2v) is 4.35. The number of aromatic amines is 1.